The molecule has 2 aliphatic rings. The van der Waals surface area contributed by atoms with Crippen molar-refractivity contribution in [1.82, 2.24) is 0 Å². The van der Waals surface area contributed by atoms with Crippen LogP contribution in [-0.4, -0.2) is 0 Å². The van der Waals surface area contributed by atoms with E-state index in [-0.39, 0.29) is 0 Å². The van der Waals surface area contributed by atoms with Gasteiger partial charge in [-0.15, -0.1) is 0 Å². The van der Waals surface area contributed by atoms with Gasteiger partial charge in [0.25, 0.3) is 0 Å². The zero-order valence-electron chi connectivity index (χ0n) is 74.2. The minimum Gasteiger partial charge on any atom is -0.309 e. The number of anilines is 3. The van der Waals surface area contributed by atoms with Crippen molar-refractivity contribution in [1.29, 1.82) is 0 Å². The molecule has 2 atom stereocenters. The zero-order valence-corrected chi connectivity index (χ0v) is 34.2. The Morgan fingerprint density at radius 1 is 0.373 bits per heavy atom. The van der Waals surface area contributed by atoms with Gasteiger partial charge in [0.15, 0.2) is 0 Å². The van der Waals surface area contributed by atoms with Crippen molar-refractivity contribution in [3.05, 3.63) is 246 Å². The Hall–Kier alpha value is -8.00. The van der Waals surface area contributed by atoms with E-state index in [0.29, 0.717) is 4.90 Å². The maximum atomic E-state index is 10.8. The highest BCUT2D eigenvalue weighted by Crippen LogP contribution is 2.57. The maximum absolute atomic E-state index is 10.8. The van der Waals surface area contributed by atoms with Crippen LogP contribution < -0.4 is 4.90 Å². The van der Waals surface area contributed by atoms with Crippen LogP contribution >= 0.6 is 0 Å². The van der Waals surface area contributed by atoms with E-state index in [2.05, 4.69) is 0 Å². The molecule has 0 heterocycles. The van der Waals surface area contributed by atoms with Crippen LogP contribution in [0.4, 0.5) is 17.1 Å². The number of benzene rings is 11. The smallest absolute Gasteiger partial charge is 0.0648 e. The third kappa shape index (κ3) is 5.87. The maximum Gasteiger partial charge on any atom is 0.0648 e. The molecule has 0 bridgehead atoms. The monoisotopic (exact) mass is 896 g/mol. The van der Waals surface area contributed by atoms with E-state index in [0.717, 1.165) is 18.2 Å². The molecule has 67 heavy (non-hydrogen) atoms. The first kappa shape index (κ1) is 16.1. The topological polar surface area (TPSA) is 3.24 Å². The molecule has 0 saturated carbocycles. The highest BCUT2D eigenvalue weighted by atomic mass is 15.1. The van der Waals surface area contributed by atoms with Gasteiger partial charge in [-0.25, -0.2) is 0 Å². The molecule has 1 heteroatoms. The molecule has 11 aromatic carbocycles. The van der Waals surface area contributed by atoms with Crippen LogP contribution in [0.2, 0.25) is 0 Å². The van der Waals surface area contributed by atoms with Gasteiger partial charge in [0, 0.05) is 41.3 Å². The molecule has 1 nitrogen and oxygen atoms in total. The highest BCUT2D eigenvalue weighted by Gasteiger charge is 2.40. The first-order chi connectivity index (χ1) is 49.9. The second-order valence-corrected chi connectivity index (χ2v) is 15.6. The predicted molar refractivity (Wildman–Crippen MR) is 285 cm³/mol. The molecule has 0 aromatic heterocycles. The van der Waals surface area contributed by atoms with Gasteiger partial charge in [-0.05, 0) is 130 Å². The minimum absolute atomic E-state index is 0.356. The van der Waals surface area contributed by atoms with E-state index < -0.39 is 371 Å². The Labute approximate surface area is 449 Å². The van der Waals surface area contributed by atoms with Gasteiger partial charge in [-0.3, -0.25) is 0 Å². The summed E-state index contributed by atoms with van der Waals surface area (Å²) >= 11 is 0. The summed E-state index contributed by atoms with van der Waals surface area (Å²) in [6.07, 6.45) is 0. The van der Waals surface area contributed by atoms with Crippen LogP contribution in [0.1, 0.15) is 105 Å². The fraction of sp³-hybridized carbons (Fsp3) is 0.0909. The molecule has 318 valence electrons. The van der Waals surface area contributed by atoms with E-state index in [9.17, 15) is 41.1 Å². The molecule has 0 radical (unpaired) electrons. The standard InChI is InChI=1S/C66H49N/c1-65(2)57-32-15-13-30-55(57)64-58(65)33-18-34-60(64)67(47-35-36-52-51-28-12-14-31-56(51)66(3,4)59(52)41-47)61-38-37-54-50-27-9-8-25-48(50)49-26-10-11-29-53(49)63(54)62(61)46-24-17-23-45(40-46)44-22-16-21-43(39-44)42-19-6-5-7-20-42/h5-41H,1-4H3/i1D,2D2,3D,4D2,5D,6D,7D,8D,9D,10D,11D,13D,14D,16D,17D,18D,19D,20D,22D,23D,24D,25D,26D,27D,28D,29D,30D,31D,32D,33D,34D,35D,36D,37D,38D,39D,40D,41D. The van der Waals surface area contributed by atoms with Gasteiger partial charge in [-0.2, -0.15) is 0 Å². The summed E-state index contributed by atoms with van der Waals surface area (Å²) in [5.74, 6) is 0. The molecule has 2 aliphatic carbocycles. The van der Waals surface area contributed by atoms with Crippen LogP contribution in [0.3, 0.4) is 0 Å². The number of hydrogen-bond acceptors (Lipinski definition) is 1. The van der Waals surface area contributed by atoms with Crippen molar-refractivity contribution in [3.63, 3.8) is 0 Å². The second-order valence-electron chi connectivity index (χ2n) is 15.6. The van der Waals surface area contributed by atoms with E-state index in [1.807, 2.05) is 0 Å². The summed E-state index contributed by atoms with van der Waals surface area (Å²) in [7, 11) is 0. The molecule has 0 fully saturated rings. The number of fused-ring (bicyclic) bond motifs is 12. The first-order valence-corrected chi connectivity index (χ1v) is 20.2. The van der Waals surface area contributed by atoms with E-state index in [4.69, 9.17) is 13.7 Å². The third-order valence-electron chi connectivity index (χ3n) is 11.8. The van der Waals surface area contributed by atoms with Gasteiger partial charge in [0.2, 0.25) is 0 Å². The lowest BCUT2D eigenvalue weighted by molar-refractivity contribution is 0.660. The van der Waals surface area contributed by atoms with Gasteiger partial charge >= 0.3 is 0 Å². The van der Waals surface area contributed by atoms with Crippen molar-refractivity contribution in [2.24, 2.45) is 0 Å². The van der Waals surface area contributed by atoms with Crippen molar-refractivity contribution < 1.29 is 54.8 Å². The Balaban J connectivity index is 1.42. The second kappa shape index (κ2) is 14.8. The number of hydrogen-bond donors (Lipinski definition) is 0. The van der Waals surface area contributed by atoms with Crippen LogP contribution in [-0.2, 0) is 10.8 Å². The molecule has 13 rings (SSSR count). The average Bonchev–Trinajstić information content (AvgIpc) is 1.67. The Morgan fingerprint density at radius 3 is 1.78 bits per heavy atom. The largest absolute Gasteiger partial charge is 0.309 e. The van der Waals surface area contributed by atoms with Gasteiger partial charge in [-0.1, -0.05) is 215 Å². The lowest BCUT2D eigenvalue weighted by Gasteiger charge is -2.32. The van der Waals surface area contributed by atoms with Gasteiger partial charge in [0.1, 0.15) is 0 Å². The lowest BCUT2D eigenvalue weighted by atomic mass is 9.82. The van der Waals surface area contributed by atoms with Crippen LogP contribution in [0.15, 0.2) is 224 Å². The molecular formula is C66H49N. The fourth-order valence-corrected chi connectivity index (χ4v) is 8.87. The van der Waals surface area contributed by atoms with Crippen LogP contribution in [0, 0.1) is 0 Å². The Bertz CT molecular complexity index is 5930. The molecule has 2 unspecified atom stereocenters. The summed E-state index contributed by atoms with van der Waals surface area (Å²) in [6.45, 7) is -7.58. The van der Waals surface area contributed by atoms with Crippen LogP contribution in [0.5, 0.6) is 0 Å². The van der Waals surface area contributed by atoms with Gasteiger partial charge in [0.05, 0.1) is 58.0 Å². The molecule has 0 spiro atoms. The summed E-state index contributed by atoms with van der Waals surface area (Å²) in [5, 5.41) is -5.58. The van der Waals surface area contributed by atoms with E-state index >= 15 is 0 Å². The Kier molecular flexibility index (Phi) is 3.55. The van der Waals surface area contributed by atoms with E-state index in [1.165, 1.54) is 0 Å². The predicted octanol–water partition coefficient (Wildman–Crippen LogP) is 18.2. The van der Waals surface area contributed by atoms with Gasteiger partial charge < -0.3 is 4.90 Å². The van der Waals surface area contributed by atoms with Crippen molar-refractivity contribution >= 4 is 49.4 Å². The molecule has 0 aliphatic heterocycles. The summed E-state index contributed by atoms with van der Waals surface area (Å²) < 4.78 is 382. The minimum atomic E-state index is -2.81. The third-order valence-corrected chi connectivity index (χ3v) is 11.8. The molecular weight excluding hydrogens is 807 g/mol. The molecule has 0 amide bonds. The summed E-state index contributed by atoms with van der Waals surface area (Å²) in [5.41, 5.74) is -21.9. The molecule has 11 aromatic rings. The molecule has 0 N–H and O–H groups in total. The van der Waals surface area contributed by atoms with Crippen LogP contribution in [0.25, 0.3) is 88.0 Å². The normalized spacial score (nSPS) is 25.2. The number of rotatable bonds is 6. The summed E-state index contributed by atoms with van der Waals surface area (Å²) in [4.78, 5) is 0.356. The average molecular weight is 896 g/mol. The fourth-order valence-electron chi connectivity index (χ4n) is 8.87. The molecule has 0 saturated heterocycles. The highest BCUT2D eigenvalue weighted by molar-refractivity contribution is 6.30. The SMILES string of the molecule is [2H]CC1(C([2H])[2H])c2c([2H])cc([2H])c([2H])c2-c2c(N(c3c([2H])c([2H])c4c(c3[2H])C(C[2H])(C([2H])[2H])c3c([2H])c([2H])cc([2H])c3-4)c3c([2H])c([2H])c4c5c([2H])c([2H])c([2H])c([2H])c5c5c([2H])c([2H])c([2H])c([2H])c5c4c3-c3c([2H])c([2H])c([2H])c(-c4c([2H])c([2H])cc(-c5c([2H])c([2H])c([2H])c([2H])c5[2H])c4[2H])c3[2H])c([2H])c([2H])c([2H])c21. The first-order valence-electron chi connectivity index (χ1n) is 40.9. The van der Waals surface area contributed by atoms with E-state index in [1.54, 1.807) is 0 Å². The quantitative estimate of drug-likeness (QED) is 0.150. The Morgan fingerprint density at radius 2 is 0.970 bits per heavy atom. The lowest BCUT2D eigenvalue weighted by Crippen LogP contribution is -2.18. The van der Waals surface area contributed by atoms with Crippen molar-refractivity contribution in [2.45, 2.75) is 38.4 Å². The van der Waals surface area contributed by atoms with Crippen molar-refractivity contribution in [2.75, 3.05) is 4.90 Å². The van der Waals surface area contributed by atoms with Crippen molar-refractivity contribution in [3.8, 4) is 55.6 Å². The summed E-state index contributed by atoms with van der Waals surface area (Å²) in [6, 6.07) is -35.8. The zero-order chi connectivity index (χ0) is 79.2. The number of nitrogens with zero attached hydrogens (tertiary/aromatic N) is 1.